The maximum Gasteiger partial charge on any atom is 0.411 e. The van der Waals surface area contributed by atoms with E-state index in [0.717, 1.165) is 24.1 Å². The lowest BCUT2D eigenvalue weighted by molar-refractivity contribution is 0.0104. The molecule has 1 fully saturated rings. The highest BCUT2D eigenvalue weighted by Gasteiger charge is 2.58. The van der Waals surface area contributed by atoms with Crippen molar-refractivity contribution >= 4 is 17.9 Å². The summed E-state index contributed by atoms with van der Waals surface area (Å²) in [6, 6.07) is 3.49. The minimum Gasteiger partial charge on any atom is -0.444 e. The molecule has 34 heavy (non-hydrogen) atoms. The van der Waals surface area contributed by atoms with Gasteiger partial charge >= 0.3 is 6.09 Å². The van der Waals surface area contributed by atoms with Gasteiger partial charge in [-0.3, -0.25) is 9.80 Å². The standard InChI is InChI=1S/C25H28FN5O3/c1-15-12-17(13-16(2)21(15)26)31-22(29-11-9-27-19(29)14-32)20-18(28-31)6-10-30(25(20)7-8-25)23(33)34-24(3,4)5/h9,11-13,27H,6-8,10H2,1-5H3. The zero-order chi connectivity index (χ0) is 24.4. The van der Waals surface area contributed by atoms with Gasteiger partial charge in [0, 0.05) is 30.9 Å². The number of nitrogens with one attached hydrogen (secondary N) is 1. The molecule has 0 atom stereocenters. The Morgan fingerprint density at radius 2 is 1.91 bits per heavy atom. The largest absolute Gasteiger partial charge is 0.444 e. The molecule has 1 amide bonds. The first-order valence-electron chi connectivity index (χ1n) is 11.4. The van der Waals surface area contributed by atoms with Gasteiger partial charge < -0.3 is 10.1 Å². The molecule has 3 aliphatic rings. The molecule has 1 aliphatic carbocycles. The molecule has 3 heterocycles. The van der Waals surface area contributed by atoms with Crippen LogP contribution in [0.5, 0.6) is 0 Å². The first kappa shape index (κ1) is 22.2. The summed E-state index contributed by atoms with van der Waals surface area (Å²) < 4.78 is 21.9. The molecule has 5 rings (SSSR count). The highest BCUT2D eigenvalue weighted by Crippen LogP contribution is 2.58. The van der Waals surface area contributed by atoms with Crippen LogP contribution >= 0.6 is 0 Å². The van der Waals surface area contributed by atoms with Crippen molar-refractivity contribution in [1.29, 1.82) is 0 Å². The molecule has 0 unspecified atom stereocenters. The van der Waals surface area contributed by atoms with Crippen molar-refractivity contribution in [2.75, 3.05) is 11.4 Å². The quantitative estimate of drug-likeness (QED) is 0.677. The average molecular weight is 466 g/mol. The maximum absolute atomic E-state index is 14.4. The van der Waals surface area contributed by atoms with Gasteiger partial charge in [-0.15, -0.1) is 0 Å². The molecule has 1 aromatic heterocycles. The van der Waals surface area contributed by atoms with Crippen LogP contribution in [-0.4, -0.2) is 38.9 Å². The van der Waals surface area contributed by atoms with E-state index >= 15 is 0 Å². The predicted molar refractivity (Wildman–Crippen MR) is 125 cm³/mol. The summed E-state index contributed by atoms with van der Waals surface area (Å²) in [7, 11) is 0. The van der Waals surface area contributed by atoms with Crippen molar-refractivity contribution in [2.24, 2.45) is 0 Å². The van der Waals surface area contributed by atoms with Crippen LogP contribution in [0.2, 0.25) is 0 Å². The number of aromatic nitrogens is 2. The third kappa shape index (κ3) is 3.39. The van der Waals surface area contributed by atoms with Gasteiger partial charge in [-0.25, -0.2) is 18.7 Å². The summed E-state index contributed by atoms with van der Waals surface area (Å²) in [6.45, 7) is 9.48. The van der Waals surface area contributed by atoms with Crippen LogP contribution in [0.15, 0.2) is 30.4 Å². The van der Waals surface area contributed by atoms with Crippen molar-refractivity contribution < 1.29 is 18.7 Å². The van der Waals surface area contributed by atoms with E-state index in [-0.39, 0.29) is 17.7 Å². The van der Waals surface area contributed by atoms with Crippen molar-refractivity contribution in [3.63, 3.8) is 0 Å². The first-order chi connectivity index (χ1) is 16.1. The number of nitrogens with zero attached hydrogens (tertiary/aromatic N) is 4. The molecule has 1 saturated carbocycles. The van der Waals surface area contributed by atoms with E-state index in [4.69, 9.17) is 9.84 Å². The molecule has 8 nitrogen and oxygen atoms in total. The highest BCUT2D eigenvalue weighted by atomic mass is 19.1. The van der Waals surface area contributed by atoms with E-state index in [1.807, 2.05) is 26.7 Å². The molecule has 1 N–H and O–H groups in total. The van der Waals surface area contributed by atoms with E-state index in [1.165, 1.54) is 0 Å². The number of hydrogen-bond acceptors (Lipinski definition) is 6. The third-order valence-electron chi connectivity index (χ3n) is 6.50. The fraction of sp³-hybridized carbons (Fsp3) is 0.440. The number of ether oxygens (including phenoxy) is 1. The lowest BCUT2D eigenvalue weighted by atomic mass is 9.95. The van der Waals surface area contributed by atoms with E-state index in [2.05, 4.69) is 5.32 Å². The second-order valence-corrected chi connectivity index (χ2v) is 10.1. The van der Waals surface area contributed by atoms with Crippen LogP contribution in [0.1, 0.15) is 56.0 Å². The number of carbonyl (C=O) groups excluding carboxylic acids is 2. The van der Waals surface area contributed by atoms with E-state index in [9.17, 15) is 14.0 Å². The summed E-state index contributed by atoms with van der Waals surface area (Å²) in [4.78, 5) is 28.4. The lowest BCUT2D eigenvalue weighted by Crippen LogP contribution is -2.47. The number of anilines is 1. The van der Waals surface area contributed by atoms with Crippen molar-refractivity contribution in [3.05, 3.63) is 58.6 Å². The Balaban J connectivity index is 1.70. The molecule has 1 aromatic carbocycles. The Morgan fingerprint density at radius 3 is 2.50 bits per heavy atom. The number of amides is 1. The van der Waals surface area contributed by atoms with Gasteiger partial charge in [-0.05, 0) is 70.7 Å². The zero-order valence-corrected chi connectivity index (χ0v) is 20.0. The molecule has 0 saturated heterocycles. The van der Waals surface area contributed by atoms with Crippen LogP contribution in [0.3, 0.4) is 0 Å². The van der Waals surface area contributed by atoms with Crippen LogP contribution in [0, 0.1) is 19.7 Å². The van der Waals surface area contributed by atoms with Gasteiger partial charge in [-0.2, -0.15) is 5.10 Å². The number of rotatable bonds is 2. The summed E-state index contributed by atoms with van der Waals surface area (Å²) >= 11 is 0. The SMILES string of the molecule is Cc1cc(-n2nc3c(c2N2C=CNC2=C=O)C2(CC2)N(C(=O)OC(C)(C)C)CC3)cc(C)c1F. The molecule has 2 aromatic rings. The minimum absolute atomic E-state index is 0.227. The molecule has 178 valence electrons. The summed E-state index contributed by atoms with van der Waals surface area (Å²) in [5, 5.41) is 7.83. The van der Waals surface area contributed by atoms with Gasteiger partial charge in [0.15, 0.2) is 5.94 Å². The number of carbonyl (C=O) groups is 1. The molecule has 0 radical (unpaired) electrons. The van der Waals surface area contributed by atoms with Gasteiger partial charge in [0.2, 0.25) is 5.82 Å². The average Bonchev–Trinajstić information content (AvgIpc) is 3.20. The molecule has 1 spiro atoms. The first-order valence-corrected chi connectivity index (χ1v) is 11.4. The normalized spacial score (nSPS) is 18.1. The fourth-order valence-corrected chi connectivity index (χ4v) is 4.93. The predicted octanol–water partition coefficient (Wildman–Crippen LogP) is 3.96. The molecule has 0 bridgehead atoms. The van der Waals surface area contributed by atoms with Crippen LogP contribution < -0.4 is 10.2 Å². The van der Waals surface area contributed by atoms with Crippen molar-refractivity contribution in [3.8, 4) is 5.69 Å². The summed E-state index contributed by atoms with van der Waals surface area (Å²) in [5.41, 5.74) is 2.28. The van der Waals surface area contributed by atoms with E-state index in [1.54, 1.807) is 52.9 Å². The van der Waals surface area contributed by atoms with E-state index in [0.29, 0.717) is 35.6 Å². The molecular weight excluding hydrogens is 437 g/mol. The van der Waals surface area contributed by atoms with E-state index < -0.39 is 11.1 Å². The second kappa shape index (κ2) is 7.46. The van der Waals surface area contributed by atoms with Gasteiger partial charge in [-0.1, -0.05) is 0 Å². The van der Waals surface area contributed by atoms with Gasteiger partial charge in [0.25, 0.3) is 0 Å². The zero-order valence-electron chi connectivity index (χ0n) is 20.0. The minimum atomic E-state index is -0.612. The van der Waals surface area contributed by atoms with Crippen molar-refractivity contribution in [2.45, 2.75) is 65.0 Å². The Labute approximate surface area is 197 Å². The summed E-state index contributed by atoms with van der Waals surface area (Å²) in [5.74, 6) is 2.56. The third-order valence-corrected chi connectivity index (χ3v) is 6.50. The van der Waals surface area contributed by atoms with Crippen LogP contribution in [0.25, 0.3) is 5.69 Å². The number of fused-ring (bicyclic) bond motifs is 2. The van der Waals surface area contributed by atoms with Gasteiger partial charge in [0.1, 0.15) is 17.2 Å². The Hall–Kier alpha value is -3.58. The van der Waals surface area contributed by atoms with Crippen LogP contribution in [-0.2, 0) is 21.5 Å². The Morgan fingerprint density at radius 1 is 1.24 bits per heavy atom. The number of aryl methyl sites for hydroxylation is 2. The number of hydrogen-bond donors (Lipinski definition) is 1. The molecule has 2 aliphatic heterocycles. The lowest BCUT2D eigenvalue weighted by Gasteiger charge is -2.37. The Kier molecular flexibility index (Phi) is 4.88. The molecule has 9 heteroatoms. The number of benzene rings is 1. The smallest absolute Gasteiger partial charge is 0.411 e. The summed E-state index contributed by atoms with van der Waals surface area (Å²) in [6.07, 6.45) is 5.11. The monoisotopic (exact) mass is 465 g/mol. The highest BCUT2D eigenvalue weighted by molar-refractivity contribution is 5.76. The fourth-order valence-electron chi connectivity index (χ4n) is 4.93. The Bertz CT molecular complexity index is 1260. The van der Waals surface area contributed by atoms with Crippen LogP contribution in [0.4, 0.5) is 15.0 Å². The number of halogens is 1. The second-order valence-electron chi connectivity index (χ2n) is 10.1. The van der Waals surface area contributed by atoms with Crippen molar-refractivity contribution in [1.82, 2.24) is 20.0 Å². The van der Waals surface area contributed by atoms with Gasteiger partial charge in [0.05, 0.1) is 16.9 Å². The topological polar surface area (TPSA) is 79.7 Å². The molecular formula is C25H28FN5O3. The maximum atomic E-state index is 14.4.